The van der Waals surface area contributed by atoms with E-state index in [0.29, 0.717) is 23.3 Å². The molecule has 0 unspecified atom stereocenters. The van der Waals surface area contributed by atoms with E-state index in [1.54, 1.807) is 25.1 Å². The van der Waals surface area contributed by atoms with E-state index in [4.69, 9.17) is 4.74 Å². The molecule has 3 aromatic carbocycles. The van der Waals surface area contributed by atoms with Crippen LogP contribution in [0.4, 0.5) is 8.78 Å². The Morgan fingerprint density at radius 2 is 1.35 bits per heavy atom. The predicted molar refractivity (Wildman–Crippen MR) is 102 cm³/mol. The highest BCUT2D eigenvalue weighted by Crippen LogP contribution is 2.30. The average Bonchev–Trinajstić information content (AvgIpc) is 2.64. The van der Waals surface area contributed by atoms with E-state index in [1.165, 1.54) is 17.7 Å². The largest absolute Gasteiger partial charge is 0.491 e. The number of ether oxygens (including phenoxy) is 1. The van der Waals surface area contributed by atoms with E-state index < -0.39 is 5.82 Å². The molecule has 0 aliphatic carbocycles. The van der Waals surface area contributed by atoms with Crippen LogP contribution in [-0.2, 0) is 6.42 Å². The van der Waals surface area contributed by atoms with Gasteiger partial charge in [0.05, 0.1) is 6.61 Å². The standard InChI is InChI=1S/C23H22F2O/c1-3-5-16-6-8-17(9-7-16)20-12-10-18(14-21(20)24)19-11-13-23(26-4-2)22(25)15-19/h6-15H,3-5H2,1-2H3. The van der Waals surface area contributed by atoms with Gasteiger partial charge in [0.25, 0.3) is 0 Å². The summed E-state index contributed by atoms with van der Waals surface area (Å²) in [5.41, 5.74) is 3.89. The van der Waals surface area contributed by atoms with Crippen molar-refractivity contribution in [1.29, 1.82) is 0 Å². The van der Waals surface area contributed by atoms with Gasteiger partial charge in [-0.15, -0.1) is 0 Å². The summed E-state index contributed by atoms with van der Waals surface area (Å²) in [7, 11) is 0. The van der Waals surface area contributed by atoms with Gasteiger partial charge in [-0.1, -0.05) is 55.8 Å². The summed E-state index contributed by atoms with van der Waals surface area (Å²) in [4.78, 5) is 0. The zero-order chi connectivity index (χ0) is 18.5. The van der Waals surface area contributed by atoms with Crippen molar-refractivity contribution in [3.05, 3.63) is 77.9 Å². The molecule has 26 heavy (non-hydrogen) atoms. The zero-order valence-corrected chi connectivity index (χ0v) is 15.1. The van der Waals surface area contributed by atoms with Crippen LogP contribution in [0.15, 0.2) is 60.7 Å². The molecule has 0 spiro atoms. The Balaban J connectivity index is 1.88. The maximum Gasteiger partial charge on any atom is 0.165 e. The molecule has 0 aromatic heterocycles. The first-order valence-corrected chi connectivity index (χ1v) is 8.94. The van der Waals surface area contributed by atoms with E-state index in [2.05, 4.69) is 6.92 Å². The summed E-state index contributed by atoms with van der Waals surface area (Å²) in [5, 5.41) is 0. The van der Waals surface area contributed by atoms with Gasteiger partial charge in [-0.2, -0.15) is 0 Å². The van der Waals surface area contributed by atoms with Gasteiger partial charge in [-0.25, -0.2) is 8.78 Å². The molecule has 0 fully saturated rings. The van der Waals surface area contributed by atoms with Crippen LogP contribution >= 0.6 is 0 Å². The van der Waals surface area contributed by atoms with E-state index in [-0.39, 0.29) is 11.6 Å². The van der Waals surface area contributed by atoms with Gasteiger partial charge in [-0.05, 0) is 53.8 Å². The van der Waals surface area contributed by atoms with Crippen molar-refractivity contribution < 1.29 is 13.5 Å². The van der Waals surface area contributed by atoms with Gasteiger partial charge < -0.3 is 4.74 Å². The van der Waals surface area contributed by atoms with E-state index in [1.807, 2.05) is 30.3 Å². The van der Waals surface area contributed by atoms with Crippen molar-refractivity contribution in [2.75, 3.05) is 6.61 Å². The van der Waals surface area contributed by atoms with Crippen molar-refractivity contribution in [2.24, 2.45) is 0 Å². The van der Waals surface area contributed by atoms with Gasteiger partial charge >= 0.3 is 0 Å². The summed E-state index contributed by atoms with van der Waals surface area (Å²) in [6.07, 6.45) is 2.10. The summed E-state index contributed by atoms with van der Waals surface area (Å²) in [6.45, 7) is 4.34. The Hall–Kier alpha value is -2.68. The van der Waals surface area contributed by atoms with Crippen LogP contribution in [0, 0.1) is 11.6 Å². The van der Waals surface area contributed by atoms with Crippen molar-refractivity contribution in [3.8, 4) is 28.0 Å². The van der Waals surface area contributed by atoms with E-state index in [9.17, 15) is 8.78 Å². The zero-order valence-electron chi connectivity index (χ0n) is 15.1. The molecule has 0 radical (unpaired) electrons. The molecule has 0 N–H and O–H groups in total. The second-order valence-electron chi connectivity index (χ2n) is 6.22. The fourth-order valence-electron chi connectivity index (χ4n) is 3.02. The summed E-state index contributed by atoms with van der Waals surface area (Å²) in [5.74, 6) is -0.555. The van der Waals surface area contributed by atoms with Crippen LogP contribution in [0.3, 0.4) is 0 Å². The fourth-order valence-corrected chi connectivity index (χ4v) is 3.02. The summed E-state index contributed by atoms with van der Waals surface area (Å²) >= 11 is 0. The number of hydrogen-bond acceptors (Lipinski definition) is 1. The molecular formula is C23H22F2O. The maximum absolute atomic E-state index is 14.7. The molecule has 3 aromatic rings. The highest BCUT2D eigenvalue weighted by atomic mass is 19.1. The minimum Gasteiger partial charge on any atom is -0.491 e. The quantitative estimate of drug-likeness (QED) is 0.482. The molecule has 1 nitrogen and oxygen atoms in total. The minimum atomic E-state index is -0.444. The van der Waals surface area contributed by atoms with Crippen molar-refractivity contribution in [3.63, 3.8) is 0 Å². The third-order valence-corrected chi connectivity index (χ3v) is 4.34. The first-order chi connectivity index (χ1) is 12.6. The number of rotatable bonds is 6. The normalized spacial score (nSPS) is 10.8. The second kappa shape index (κ2) is 8.13. The predicted octanol–water partition coefficient (Wildman–Crippen LogP) is 6.65. The molecule has 0 heterocycles. The Morgan fingerprint density at radius 3 is 1.92 bits per heavy atom. The van der Waals surface area contributed by atoms with Crippen LogP contribution in [0.2, 0.25) is 0 Å². The molecule has 0 saturated carbocycles. The smallest absolute Gasteiger partial charge is 0.165 e. The lowest BCUT2D eigenvalue weighted by atomic mass is 9.98. The molecule has 0 aliphatic heterocycles. The van der Waals surface area contributed by atoms with Gasteiger partial charge in [0.15, 0.2) is 11.6 Å². The fraction of sp³-hybridized carbons (Fsp3) is 0.217. The third-order valence-electron chi connectivity index (χ3n) is 4.34. The van der Waals surface area contributed by atoms with E-state index >= 15 is 0 Å². The first-order valence-electron chi connectivity index (χ1n) is 8.94. The summed E-state index contributed by atoms with van der Waals surface area (Å²) in [6, 6.07) is 17.7. The topological polar surface area (TPSA) is 9.23 Å². The Bertz CT molecular complexity index is 885. The monoisotopic (exact) mass is 352 g/mol. The van der Waals surface area contributed by atoms with Crippen molar-refractivity contribution in [2.45, 2.75) is 26.7 Å². The first kappa shape index (κ1) is 18.1. The van der Waals surface area contributed by atoms with Crippen LogP contribution in [-0.4, -0.2) is 6.61 Å². The maximum atomic E-state index is 14.7. The molecular weight excluding hydrogens is 330 g/mol. The van der Waals surface area contributed by atoms with Gasteiger partial charge in [0.1, 0.15) is 5.82 Å². The summed E-state index contributed by atoms with van der Waals surface area (Å²) < 4.78 is 33.9. The van der Waals surface area contributed by atoms with Crippen LogP contribution in [0.25, 0.3) is 22.3 Å². The molecule has 0 amide bonds. The lowest BCUT2D eigenvalue weighted by Crippen LogP contribution is -1.95. The lowest BCUT2D eigenvalue weighted by Gasteiger charge is -2.10. The molecule has 134 valence electrons. The Kier molecular flexibility index (Phi) is 5.67. The Morgan fingerprint density at radius 1 is 0.731 bits per heavy atom. The molecule has 0 saturated heterocycles. The van der Waals surface area contributed by atoms with E-state index in [0.717, 1.165) is 18.4 Å². The average molecular weight is 352 g/mol. The minimum absolute atomic E-state index is 0.209. The Labute approximate surface area is 153 Å². The van der Waals surface area contributed by atoms with Crippen molar-refractivity contribution >= 4 is 0 Å². The van der Waals surface area contributed by atoms with Crippen LogP contribution in [0.1, 0.15) is 25.8 Å². The number of halogens is 2. The second-order valence-corrected chi connectivity index (χ2v) is 6.22. The van der Waals surface area contributed by atoms with Crippen LogP contribution in [0.5, 0.6) is 5.75 Å². The number of aryl methyl sites for hydroxylation is 1. The van der Waals surface area contributed by atoms with Gasteiger partial charge in [0, 0.05) is 5.56 Å². The third kappa shape index (κ3) is 3.93. The highest BCUT2D eigenvalue weighted by molar-refractivity contribution is 5.71. The molecule has 0 bridgehead atoms. The van der Waals surface area contributed by atoms with Gasteiger partial charge in [0.2, 0.25) is 0 Å². The SMILES string of the molecule is CCCc1ccc(-c2ccc(-c3ccc(OCC)c(F)c3)cc2F)cc1. The number of benzene rings is 3. The van der Waals surface area contributed by atoms with Crippen molar-refractivity contribution in [1.82, 2.24) is 0 Å². The van der Waals surface area contributed by atoms with Crippen LogP contribution < -0.4 is 4.74 Å². The molecule has 3 heteroatoms. The molecule has 3 rings (SSSR count). The highest BCUT2D eigenvalue weighted by Gasteiger charge is 2.10. The van der Waals surface area contributed by atoms with Gasteiger partial charge in [-0.3, -0.25) is 0 Å². The molecule has 0 aliphatic rings. The molecule has 0 atom stereocenters. The number of hydrogen-bond donors (Lipinski definition) is 0. The lowest BCUT2D eigenvalue weighted by molar-refractivity contribution is 0.321.